The van der Waals surface area contributed by atoms with Crippen LogP contribution in [0, 0.1) is 0 Å². The van der Waals surface area contributed by atoms with E-state index in [1.54, 1.807) is 11.3 Å². The van der Waals surface area contributed by atoms with Gasteiger partial charge in [0.2, 0.25) is 0 Å². The summed E-state index contributed by atoms with van der Waals surface area (Å²) in [5.41, 5.74) is 1.13. The second-order valence-corrected chi connectivity index (χ2v) is 7.89. The molecule has 0 aliphatic heterocycles. The molecule has 1 N–H and O–H groups in total. The van der Waals surface area contributed by atoms with Crippen LogP contribution in [0.25, 0.3) is 0 Å². The number of ether oxygens (including phenoxy) is 1. The number of rotatable bonds is 6. The summed E-state index contributed by atoms with van der Waals surface area (Å²) in [5, 5.41) is 4.25. The van der Waals surface area contributed by atoms with E-state index in [-0.39, 0.29) is 0 Å². The average Bonchev–Trinajstić information content (AvgIpc) is 3.17. The van der Waals surface area contributed by atoms with E-state index in [1.165, 1.54) is 17.7 Å². The highest BCUT2D eigenvalue weighted by Gasteiger charge is 2.20. The van der Waals surface area contributed by atoms with Crippen LogP contribution in [0.4, 0.5) is 0 Å². The molecule has 0 bridgehead atoms. The summed E-state index contributed by atoms with van der Waals surface area (Å²) in [5.74, 6) is 0.909. The molecule has 106 valence electrons. The Morgan fingerprint density at radius 1 is 1.30 bits per heavy atom. The minimum atomic E-state index is 0.592. The summed E-state index contributed by atoms with van der Waals surface area (Å²) >= 11 is 11.2. The average molecular weight is 373 g/mol. The zero-order chi connectivity index (χ0) is 13.9. The zero-order valence-electron chi connectivity index (χ0n) is 10.9. The van der Waals surface area contributed by atoms with Crippen LogP contribution in [-0.2, 0) is 13.2 Å². The van der Waals surface area contributed by atoms with Gasteiger partial charge >= 0.3 is 0 Å². The van der Waals surface area contributed by atoms with Crippen molar-refractivity contribution in [3.63, 3.8) is 0 Å². The molecule has 1 saturated carbocycles. The maximum absolute atomic E-state index is 6.08. The van der Waals surface area contributed by atoms with Gasteiger partial charge in [-0.25, -0.2) is 0 Å². The highest BCUT2D eigenvalue weighted by molar-refractivity contribution is 9.11. The Bertz CT molecular complexity index is 597. The highest BCUT2D eigenvalue weighted by Crippen LogP contribution is 2.28. The molecule has 1 aromatic heterocycles. The normalized spacial score (nSPS) is 14.5. The fourth-order valence-electron chi connectivity index (χ4n) is 1.95. The van der Waals surface area contributed by atoms with E-state index in [0.29, 0.717) is 12.6 Å². The molecule has 0 amide bonds. The number of hydrogen-bond donors (Lipinski definition) is 1. The van der Waals surface area contributed by atoms with E-state index in [4.69, 9.17) is 16.3 Å². The first-order valence-electron chi connectivity index (χ1n) is 6.59. The molecule has 1 heterocycles. The first-order valence-corrected chi connectivity index (χ1v) is 8.58. The van der Waals surface area contributed by atoms with Gasteiger partial charge in [-0.1, -0.05) is 11.6 Å². The number of benzene rings is 1. The van der Waals surface area contributed by atoms with Gasteiger partial charge in [-0.2, -0.15) is 0 Å². The molecule has 1 fully saturated rings. The topological polar surface area (TPSA) is 21.3 Å². The standard InChI is InChI=1S/C15H15BrClNOS/c16-15-6-4-13(20-15)9-19-14-5-1-11(17)7-10(14)8-18-12-2-3-12/h1,4-7,12,18H,2-3,8-9H2. The predicted molar refractivity (Wildman–Crippen MR) is 87.7 cm³/mol. The summed E-state index contributed by atoms with van der Waals surface area (Å²) in [6, 6.07) is 10.6. The van der Waals surface area contributed by atoms with Gasteiger partial charge in [-0.05, 0) is 59.1 Å². The van der Waals surface area contributed by atoms with Crippen LogP contribution < -0.4 is 10.1 Å². The van der Waals surface area contributed by atoms with Crippen molar-refractivity contribution in [1.82, 2.24) is 5.32 Å². The molecule has 0 spiro atoms. The van der Waals surface area contributed by atoms with Gasteiger partial charge < -0.3 is 10.1 Å². The van der Waals surface area contributed by atoms with Gasteiger partial charge in [0.05, 0.1) is 3.79 Å². The van der Waals surface area contributed by atoms with E-state index in [9.17, 15) is 0 Å². The van der Waals surface area contributed by atoms with Crippen LogP contribution in [0.15, 0.2) is 34.1 Å². The van der Waals surface area contributed by atoms with Crippen LogP contribution in [0.2, 0.25) is 5.02 Å². The smallest absolute Gasteiger partial charge is 0.124 e. The van der Waals surface area contributed by atoms with Gasteiger partial charge in [-0.3, -0.25) is 0 Å². The fourth-order valence-corrected chi connectivity index (χ4v) is 3.54. The third-order valence-corrected chi connectivity index (χ3v) is 5.01. The van der Waals surface area contributed by atoms with E-state index in [2.05, 4.69) is 27.3 Å². The van der Waals surface area contributed by atoms with Crippen molar-refractivity contribution in [2.24, 2.45) is 0 Å². The first-order chi connectivity index (χ1) is 9.70. The third-order valence-electron chi connectivity index (χ3n) is 3.18. The summed E-state index contributed by atoms with van der Waals surface area (Å²) in [7, 11) is 0. The molecule has 0 unspecified atom stereocenters. The molecule has 1 aliphatic carbocycles. The van der Waals surface area contributed by atoms with Crippen molar-refractivity contribution in [3.8, 4) is 5.75 Å². The second-order valence-electron chi connectivity index (χ2n) is 4.90. The van der Waals surface area contributed by atoms with Crippen LogP contribution in [0.1, 0.15) is 23.3 Å². The molecule has 20 heavy (non-hydrogen) atoms. The van der Waals surface area contributed by atoms with Gasteiger partial charge in [0.25, 0.3) is 0 Å². The Hall–Kier alpha value is -0.550. The molecule has 3 rings (SSSR count). The third kappa shape index (κ3) is 3.98. The van der Waals surface area contributed by atoms with Crippen LogP contribution in [-0.4, -0.2) is 6.04 Å². The Labute approximate surface area is 136 Å². The number of thiophene rings is 1. The van der Waals surface area contributed by atoms with E-state index >= 15 is 0 Å². The highest BCUT2D eigenvalue weighted by atomic mass is 79.9. The van der Waals surface area contributed by atoms with Crippen molar-refractivity contribution in [2.75, 3.05) is 0 Å². The predicted octanol–water partition coefficient (Wildman–Crippen LogP) is 5.00. The minimum Gasteiger partial charge on any atom is -0.488 e. The fraction of sp³-hybridized carbons (Fsp3) is 0.333. The maximum atomic E-state index is 6.08. The number of hydrogen-bond acceptors (Lipinski definition) is 3. The van der Waals surface area contributed by atoms with Crippen LogP contribution >= 0.6 is 38.9 Å². The molecule has 0 radical (unpaired) electrons. The zero-order valence-corrected chi connectivity index (χ0v) is 14.0. The molecule has 1 aliphatic rings. The van der Waals surface area contributed by atoms with Gasteiger partial charge in [-0.15, -0.1) is 11.3 Å². The lowest BCUT2D eigenvalue weighted by Gasteiger charge is -2.12. The quantitative estimate of drug-likeness (QED) is 0.771. The number of nitrogens with one attached hydrogen (secondary N) is 1. The molecule has 2 nitrogen and oxygen atoms in total. The van der Waals surface area contributed by atoms with E-state index in [1.807, 2.05) is 24.3 Å². The Morgan fingerprint density at radius 2 is 2.15 bits per heavy atom. The van der Waals surface area contributed by atoms with Crippen LogP contribution in [0.3, 0.4) is 0 Å². The lowest BCUT2D eigenvalue weighted by atomic mass is 10.2. The Kier molecular flexibility index (Phi) is 4.66. The molecule has 0 atom stereocenters. The van der Waals surface area contributed by atoms with Gasteiger partial charge in [0, 0.05) is 28.0 Å². The first kappa shape index (κ1) is 14.4. The maximum Gasteiger partial charge on any atom is 0.124 e. The Balaban J connectivity index is 1.66. The summed E-state index contributed by atoms with van der Waals surface area (Å²) in [6.45, 7) is 1.41. The SMILES string of the molecule is Clc1ccc(OCc2ccc(Br)s2)c(CNC2CC2)c1. The van der Waals surface area contributed by atoms with Crippen LogP contribution in [0.5, 0.6) is 5.75 Å². The van der Waals surface area contributed by atoms with E-state index < -0.39 is 0 Å². The molecule has 5 heteroatoms. The molecule has 1 aromatic carbocycles. The monoisotopic (exact) mass is 371 g/mol. The van der Waals surface area contributed by atoms with Crippen molar-refractivity contribution < 1.29 is 4.74 Å². The molecule has 0 saturated heterocycles. The molecule has 2 aromatic rings. The Morgan fingerprint density at radius 3 is 2.85 bits per heavy atom. The number of halogens is 2. The van der Waals surface area contributed by atoms with Gasteiger partial charge in [0.1, 0.15) is 12.4 Å². The van der Waals surface area contributed by atoms with Crippen molar-refractivity contribution in [1.29, 1.82) is 0 Å². The summed E-state index contributed by atoms with van der Waals surface area (Å²) in [6.07, 6.45) is 2.56. The van der Waals surface area contributed by atoms with Crippen molar-refractivity contribution in [2.45, 2.75) is 32.0 Å². The van der Waals surface area contributed by atoms with Crippen molar-refractivity contribution in [3.05, 3.63) is 49.6 Å². The summed E-state index contributed by atoms with van der Waals surface area (Å²) in [4.78, 5) is 1.20. The minimum absolute atomic E-state index is 0.592. The van der Waals surface area contributed by atoms with Crippen molar-refractivity contribution >= 4 is 38.9 Å². The van der Waals surface area contributed by atoms with E-state index in [0.717, 1.165) is 26.7 Å². The van der Waals surface area contributed by atoms with Gasteiger partial charge in [0.15, 0.2) is 0 Å². The summed E-state index contributed by atoms with van der Waals surface area (Å²) < 4.78 is 7.06. The molecular weight excluding hydrogens is 358 g/mol. The lowest BCUT2D eigenvalue weighted by Crippen LogP contribution is -2.16. The largest absolute Gasteiger partial charge is 0.488 e. The lowest BCUT2D eigenvalue weighted by molar-refractivity contribution is 0.305. The molecular formula is C15H15BrClNOS. The second kappa shape index (κ2) is 6.48.